The summed E-state index contributed by atoms with van der Waals surface area (Å²) in [5.74, 6) is -0.177. The molecule has 1 aromatic rings. The minimum Gasteiger partial charge on any atom is -0.353 e. The summed E-state index contributed by atoms with van der Waals surface area (Å²) in [6.07, 6.45) is 2.67. The van der Waals surface area contributed by atoms with Gasteiger partial charge in [0.2, 0.25) is 5.91 Å². The van der Waals surface area contributed by atoms with Crippen molar-refractivity contribution >= 4 is 21.8 Å². The summed E-state index contributed by atoms with van der Waals surface area (Å²) in [6.45, 7) is 1.15. The molecule has 1 aliphatic rings. The van der Waals surface area contributed by atoms with E-state index < -0.39 is 0 Å². The lowest BCUT2D eigenvalue weighted by atomic mass is 10.2. The Kier molecular flexibility index (Phi) is 4.72. The smallest absolute Gasteiger partial charge is 0.221 e. The van der Waals surface area contributed by atoms with Gasteiger partial charge in [-0.25, -0.2) is 4.39 Å². The number of carbonyl (C=O) groups excluding carboxylic acids is 1. The molecule has 0 spiro atoms. The summed E-state index contributed by atoms with van der Waals surface area (Å²) >= 11 is 3.21. The Bertz CT molecular complexity index is 435. The zero-order valence-electron chi connectivity index (χ0n) is 10.0. The van der Waals surface area contributed by atoms with Crippen LogP contribution in [0.5, 0.6) is 0 Å². The first-order chi connectivity index (χ1) is 8.66. The minimum absolute atomic E-state index is 0.0864. The van der Waals surface area contributed by atoms with Crippen molar-refractivity contribution in [2.24, 2.45) is 0 Å². The summed E-state index contributed by atoms with van der Waals surface area (Å²) in [6, 6.07) is 5.35. The Morgan fingerprint density at radius 1 is 1.44 bits per heavy atom. The highest BCUT2D eigenvalue weighted by Gasteiger charge is 2.22. The monoisotopic (exact) mass is 314 g/mol. The lowest BCUT2D eigenvalue weighted by molar-refractivity contribution is -0.121. The van der Waals surface area contributed by atoms with E-state index in [0.29, 0.717) is 30.0 Å². The molecule has 0 aliphatic heterocycles. The van der Waals surface area contributed by atoms with E-state index in [1.54, 1.807) is 6.07 Å². The van der Waals surface area contributed by atoms with Crippen molar-refractivity contribution in [2.45, 2.75) is 31.8 Å². The molecule has 1 aromatic carbocycles. The van der Waals surface area contributed by atoms with Crippen LogP contribution in [0.1, 0.15) is 24.8 Å². The van der Waals surface area contributed by atoms with Gasteiger partial charge in [-0.05, 0) is 40.4 Å². The quantitative estimate of drug-likeness (QED) is 0.791. The number of halogens is 2. The highest BCUT2D eigenvalue weighted by Crippen LogP contribution is 2.20. The number of carbonyl (C=O) groups is 1. The van der Waals surface area contributed by atoms with Crippen molar-refractivity contribution < 1.29 is 9.18 Å². The maximum absolute atomic E-state index is 13.2. The fourth-order valence-corrected chi connectivity index (χ4v) is 2.04. The third kappa shape index (κ3) is 4.07. The van der Waals surface area contributed by atoms with Crippen molar-refractivity contribution in [2.75, 3.05) is 6.54 Å². The van der Waals surface area contributed by atoms with E-state index in [4.69, 9.17) is 0 Å². The lowest BCUT2D eigenvalue weighted by Crippen LogP contribution is -2.29. The average Bonchev–Trinajstić information content (AvgIpc) is 3.13. The molecule has 1 fully saturated rings. The molecule has 0 heterocycles. The van der Waals surface area contributed by atoms with Gasteiger partial charge >= 0.3 is 0 Å². The highest BCUT2D eigenvalue weighted by atomic mass is 79.9. The second-order valence-electron chi connectivity index (χ2n) is 4.48. The van der Waals surface area contributed by atoms with Gasteiger partial charge in [-0.2, -0.15) is 0 Å². The number of nitrogens with one attached hydrogen (secondary N) is 2. The van der Waals surface area contributed by atoms with E-state index in [2.05, 4.69) is 26.6 Å². The van der Waals surface area contributed by atoms with Crippen LogP contribution in [0, 0.1) is 5.82 Å². The lowest BCUT2D eigenvalue weighted by Gasteiger charge is -2.07. The fraction of sp³-hybridized carbons (Fsp3) is 0.462. The van der Waals surface area contributed by atoms with Crippen LogP contribution in [0.25, 0.3) is 0 Å². The molecule has 1 saturated carbocycles. The van der Waals surface area contributed by atoms with Crippen LogP contribution in [-0.4, -0.2) is 18.5 Å². The van der Waals surface area contributed by atoms with Crippen LogP contribution in [-0.2, 0) is 11.3 Å². The van der Waals surface area contributed by atoms with Crippen LogP contribution < -0.4 is 10.6 Å². The van der Waals surface area contributed by atoms with Gasteiger partial charge in [0.25, 0.3) is 0 Å². The Labute approximate surface area is 114 Å². The Morgan fingerprint density at radius 3 is 2.94 bits per heavy atom. The molecular formula is C13H16BrFN2O. The molecule has 1 aliphatic carbocycles. The van der Waals surface area contributed by atoms with E-state index in [1.807, 2.05) is 6.07 Å². The van der Waals surface area contributed by atoms with Crippen molar-refractivity contribution in [3.05, 3.63) is 34.1 Å². The Balaban J connectivity index is 1.68. The molecule has 0 unspecified atom stereocenters. The molecule has 0 radical (unpaired) electrons. The molecule has 2 N–H and O–H groups in total. The first kappa shape index (κ1) is 13.5. The largest absolute Gasteiger partial charge is 0.353 e. The SMILES string of the molecule is O=C(CCNCc1cccc(F)c1Br)NC1CC1. The van der Waals surface area contributed by atoms with Gasteiger partial charge in [-0.15, -0.1) is 0 Å². The van der Waals surface area contributed by atoms with Gasteiger partial charge in [0.15, 0.2) is 0 Å². The number of rotatable bonds is 6. The Hall–Kier alpha value is -0.940. The summed E-state index contributed by atoms with van der Waals surface area (Å²) < 4.78 is 13.7. The molecule has 98 valence electrons. The molecule has 3 nitrogen and oxygen atoms in total. The molecule has 1 amide bonds. The normalized spacial score (nSPS) is 14.6. The third-order valence-corrected chi connectivity index (χ3v) is 3.71. The van der Waals surface area contributed by atoms with Crippen LogP contribution in [0.3, 0.4) is 0 Å². The number of hydrogen-bond acceptors (Lipinski definition) is 2. The number of amides is 1. The maximum atomic E-state index is 13.2. The number of hydrogen-bond donors (Lipinski definition) is 2. The standard InChI is InChI=1S/C13H16BrFN2O/c14-13-9(2-1-3-11(13)15)8-16-7-6-12(18)17-10-4-5-10/h1-3,10,16H,4-8H2,(H,17,18). The van der Waals surface area contributed by atoms with E-state index in [9.17, 15) is 9.18 Å². The van der Waals surface area contributed by atoms with E-state index in [-0.39, 0.29) is 11.7 Å². The third-order valence-electron chi connectivity index (χ3n) is 2.82. The van der Waals surface area contributed by atoms with Gasteiger partial charge in [-0.3, -0.25) is 4.79 Å². The van der Waals surface area contributed by atoms with E-state index in [1.165, 1.54) is 6.07 Å². The van der Waals surface area contributed by atoms with Crippen molar-refractivity contribution in [3.8, 4) is 0 Å². The van der Waals surface area contributed by atoms with E-state index >= 15 is 0 Å². The van der Waals surface area contributed by atoms with Crippen LogP contribution in [0.4, 0.5) is 4.39 Å². The van der Waals surface area contributed by atoms with Gasteiger partial charge in [0.1, 0.15) is 5.82 Å². The predicted molar refractivity (Wildman–Crippen MR) is 71.6 cm³/mol. The molecule has 18 heavy (non-hydrogen) atoms. The zero-order chi connectivity index (χ0) is 13.0. The first-order valence-electron chi connectivity index (χ1n) is 6.10. The van der Waals surface area contributed by atoms with Gasteiger partial charge in [0.05, 0.1) is 4.47 Å². The van der Waals surface area contributed by atoms with Crippen LogP contribution in [0.2, 0.25) is 0 Å². The van der Waals surface area contributed by atoms with Crippen molar-refractivity contribution in [3.63, 3.8) is 0 Å². The fourth-order valence-electron chi connectivity index (χ4n) is 1.64. The van der Waals surface area contributed by atoms with Gasteiger partial charge in [-0.1, -0.05) is 12.1 Å². The molecule has 2 rings (SSSR count). The molecule has 0 saturated heterocycles. The van der Waals surface area contributed by atoms with E-state index in [0.717, 1.165) is 18.4 Å². The van der Waals surface area contributed by atoms with Crippen molar-refractivity contribution in [1.29, 1.82) is 0 Å². The average molecular weight is 315 g/mol. The second-order valence-corrected chi connectivity index (χ2v) is 5.27. The second kappa shape index (κ2) is 6.29. The topological polar surface area (TPSA) is 41.1 Å². The number of benzene rings is 1. The summed E-state index contributed by atoms with van der Waals surface area (Å²) in [5, 5.41) is 6.06. The zero-order valence-corrected chi connectivity index (χ0v) is 11.6. The first-order valence-corrected chi connectivity index (χ1v) is 6.89. The molecule has 0 aromatic heterocycles. The maximum Gasteiger partial charge on any atom is 0.221 e. The van der Waals surface area contributed by atoms with Crippen LogP contribution >= 0.6 is 15.9 Å². The minimum atomic E-state index is -0.263. The molecule has 0 atom stereocenters. The predicted octanol–water partition coefficient (Wildman–Crippen LogP) is 2.35. The van der Waals surface area contributed by atoms with Crippen molar-refractivity contribution in [1.82, 2.24) is 10.6 Å². The molecule has 0 bridgehead atoms. The summed E-state index contributed by atoms with van der Waals surface area (Å²) in [7, 11) is 0. The highest BCUT2D eigenvalue weighted by molar-refractivity contribution is 9.10. The summed E-state index contributed by atoms with van der Waals surface area (Å²) in [4.78, 5) is 11.4. The van der Waals surface area contributed by atoms with Gasteiger partial charge < -0.3 is 10.6 Å². The Morgan fingerprint density at radius 2 is 2.22 bits per heavy atom. The summed E-state index contributed by atoms with van der Waals surface area (Å²) in [5.41, 5.74) is 0.859. The molecular weight excluding hydrogens is 299 g/mol. The molecule has 5 heteroatoms. The van der Waals surface area contributed by atoms with Crippen LogP contribution in [0.15, 0.2) is 22.7 Å². The van der Waals surface area contributed by atoms with Gasteiger partial charge in [0, 0.05) is 25.6 Å².